The number of nitrogens with zero attached hydrogens (tertiary/aromatic N) is 2. The minimum absolute atomic E-state index is 0.114. The SMILES string of the molecule is CS(=O)(=O)N[C@@H]1CCN(C(=O)C2CC2)[C@@H]1Cc1cccc(-c2ccccc2)n1. The van der Waals surface area contributed by atoms with E-state index in [0.717, 1.165) is 29.8 Å². The van der Waals surface area contributed by atoms with E-state index < -0.39 is 10.0 Å². The number of benzene rings is 1. The lowest BCUT2D eigenvalue weighted by Crippen LogP contribution is -2.48. The molecule has 1 aliphatic heterocycles. The summed E-state index contributed by atoms with van der Waals surface area (Å²) < 4.78 is 26.4. The number of rotatable bonds is 6. The smallest absolute Gasteiger partial charge is 0.225 e. The Morgan fingerprint density at radius 1 is 1.11 bits per heavy atom. The van der Waals surface area contributed by atoms with Crippen molar-refractivity contribution >= 4 is 15.9 Å². The lowest BCUT2D eigenvalue weighted by molar-refractivity contribution is -0.133. The van der Waals surface area contributed by atoms with Crippen LogP contribution >= 0.6 is 0 Å². The molecule has 1 amide bonds. The molecule has 1 aliphatic carbocycles. The highest BCUT2D eigenvalue weighted by Crippen LogP contribution is 2.34. The van der Waals surface area contributed by atoms with Crippen molar-refractivity contribution in [3.05, 3.63) is 54.2 Å². The average molecular weight is 400 g/mol. The minimum Gasteiger partial charge on any atom is -0.337 e. The monoisotopic (exact) mass is 399 g/mol. The van der Waals surface area contributed by atoms with Gasteiger partial charge in [0.1, 0.15) is 0 Å². The van der Waals surface area contributed by atoms with E-state index in [2.05, 4.69) is 4.72 Å². The van der Waals surface area contributed by atoms with Crippen LogP contribution in [0.25, 0.3) is 11.3 Å². The molecule has 1 aromatic carbocycles. The highest BCUT2D eigenvalue weighted by Gasteiger charge is 2.43. The summed E-state index contributed by atoms with van der Waals surface area (Å²) in [6.07, 6.45) is 4.21. The van der Waals surface area contributed by atoms with Crippen molar-refractivity contribution in [2.75, 3.05) is 12.8 Å². The Labute approximate surface area is 166 Å². The molecule has 2 heterocycles. The first-order chi connectivity index (χ1) is 13.4. The van der Waals surface area contributed by atoms with Crippen LogP contribution < -0.4 is 4.72 Å². The largest absolute Gasteiger partial charge is 0.337 e. The van der Waals surface area contributed by atoms with Crippen molar-refractivity contribution in [2.45, 2.75) is 37.8 Å². The zero-order valence-corrected chi connectivity index (χ0v) is 16.7. The third-order valence-corrected chi connectivity index (χ3v) is 6.15. The summed E-state index contributed by atoms with van der Waals surface area (Å²) in [6.45, 7) is 0.589. The number of hydrogen-bond donors (Lipinski definition) is 1. The molecule has 1 saturated heterocycles. The molecule has 28 heavy (non-hydrogen) atoms. The number of sulfonamides is 1. The molecule has 0 spiro atoms. The van der Waals surface area contributed by atoms with Gasteiger partial charge in [-0.1, -0.05) is 36.4 Å². The molecule has 1 saturated carbocycles. The molecule has 2 aliphatic rings. The number of pyridine rings is 1. The van der Waals surface area contributed by atoms with Gasteiger partial charge in [0.25, 0.3) is 0 Å². The molecule has 2 atom stereocenters. The number of likely N-dealkylation sites (tertiary alicyclic amines) is 1. The minimum atomic E-state index is -3.35. The van der Waals surface area contributed by atoms with Gasteiger partial charge >= 0.3 is 0 Å². The van der Waals surface area contributed by atoms with Crippen LogP contribution in [0.1, 0.15) is 25.0 Å². The Morgan fingerprint density at radius 2 is 1.86 bits per heavy atom. The Hall–Kier alpha value is -2.25. The van der Waals surface area contributed by atoms with Crippen molar-refractivity contribution in [1.29, 1.82) is 0 Å². The molecule has 1 N–H and O–H groups in total. The van der Waals surface area contributed by atoms with Crippen LogP contribution in [0.5, 0.6) is 0 Å². The fourth-order valence-corrected chi connectivity index (χ4v) is 4.76. The van der Waals surface area contributed by atoms with Gasteiger partial charge in [-0.3, -0.25) is 9.78 Å². The van der Waals surface area contributed by atoms with Crippen LogP contribution in [0.2, 0.25) is 0 Å². The number of nitrogens with one attached hydrogen (secondary N) is 1. The fourth-order valence-electron chi connectivity index (χ4n) is 3.93. The predicted molar refractivity (Wildman–Crippen MR) is 108 cm³/mol. The second-order valence-electron chi connectivity index (χ2n) is 7.74. The number of aromatic nitrogens is 1. The van der Waals surface area contributed by atoms with E-state index in [9.17, 15) is 13.2 Å². The van der Waals surface area contributed by atoms with E-state index in [1.165, 1.54) is 6.26 Å². The highest BCUT2D eigenvalue weighted by atomic mass is 32.2. The topological polar surface area (TPSA) is 79.4 Å². The third kappa shape index (κ3) is 4.42. The Bertz CT molecular complexity index is 958. The highest BCUT2D eigenvalue weighted by molar-refractivity contribution is 7.88. The van der Waals surface area contributed by atoms with Crippen LogP contribution in [0.3, 0.4) is 0 Å². The van der Waals surface area contributed by atoms with Gasteiger partial charge in [-0.15, -0.1) is 0 Å². The first-order valence-electron chi connectivity index (χ1n) is 9.70. The first kappa shape index (κ1) is 19.1. The number of carbonyl (C=O) groups is 1. The van der Waals surface area contributed by atoms with Gasteiger partial charge in [0, 0.05) is 36.2 Å². The zero-order valence-electron chi connectivity index (χ0n) is 15.9. The zero-order chi connectivity index (χ0) is 19.7. The summed E-state index contributed by atoms with van der Waals surface area (Å²) >= 11 is 0. The van der Waals surface area contributed by atoms with Gasteiger partial charge in [0.15, 0.2) is 0 Å². The van der Waals surface area contributed by atoms with Crippen molar-refractivity contribution in [3.8, 4) is 11.3 Å². The Morgan fingerprint density at radius 3 is 2.54 bits per heavy atom. The van der Waals surface area contributed by atoms with Gasteiger partial charge in [-0.2, -0.15) is 0 Å². The summed E-state index contributed by atoms with van der Waals surface area (Å²) in [7, 11) is -3.35. The van der Waals surface area contributed by atoms with Crippen molar-refractivity contribution in [3.63, 3.8) is 0 Å². The Balaban J connectivity index is 1.59. The van der Waals surface area contributed by atoms with E-state index in [-0.39, 0.29) is 23.9 Å². The van der Waals surface area contributed by atoms with Crippen molar-refractivity contribution in [1.82, 2.24) is 14.6 Å². The van der Waals surface area contributed by atoms with E-state index in [1.54, 1.807) is 0 Å². The lowest BCUT2D eigenvalue weighted by atomic mass is 10.0. The summed E-state index contributed by atoms with van der Waals surface area (Å²) in [5, 5.41) is 0. The molecule has 0 radical (unpaired) electrons. The third-order valence-electron chi connectivity index (χ3n) is 5.42. The Kier molecular flexibility index (Phi) is 5.21. The van der Waals surface area contributed by atoms with E-state index in [1.807, 2.05) is 53.4 Å². The summed E-state index contributed by atoms with van der Waals surface area (Å²) in [6, 6.07) is 15.3. The van der Waals surface area contributed by atoms with Gasteiger partial charge in [0.2, 0.25) is 15.9 Å². The molecule has 4 rings (SSSR count). The fraction of sp³-hybridized carbons (Fsp3) is 0.429. The van der Waals surface area contributed by atoms with E-state index in [4.69, 9.17) is 4.98 Å². The van der Waals surface area contributed by atoms with Crippen molar-refractivity contribution in [2.24, 2.45) is 5.92 Å². The predicted octanol–water partition coefficient (Wildman–Crippen LogP) is 2.22. The van der Waals surface area contributed by atoms with Crippen LogP contribution in [0, 0.1) is 5.92 Å². The summed E-state index contributed by atoms with van der Waals surface area (Å²) in [5.41, 5.74) is 2.78. The average Bonchev–Trinajstić information content (AvgIpc) is 3.45. The second kappa shape index (κ2) is 7.64. The van der Waals surface area contributed by atoms with Crippen LogP contribution in [0.15, 0.2) is 48.5 Å². The maximum atomic E-state index is 12.7. The standard InChI is InChI=1S/C21H25N3O3S/c1-28(26,27)23-19-12-13-24(21(25)16-10-11-16)20(19)14-17-8-5-9-18(22-17)15-6-3-2-4-7-15/h2-9,16,19-20,23H,10-14H2,1H3/t19-,20-/m1/s1. The van der Waals surface area contributed by atoms with Gasteiger partial charge in [0.05, 0.1) is 18.0 Å². The van der Waals surface area contributed by atoms with E-state index >= 15 is 0 Å². The number of hydrogen-bond acceptors (Lipinski definition) is 4. The van der Waals surface area contributed by atoms with Crippen LogP contribution in [0.4, 0.5) is 0 Å². The quantitative estimate of drug-likeness (QED) is 0.808. The molecule has 148 valence electrons. The van der Waals surface area contributed by atoms with E-state index in [0.29, 0.717) is 19.4 Å². The second-order valence-corrected chi connectivity index (χ2v) is 9.52. The number of amides is 1. The molecule has 0 bridgehead atoms. The molecule has 1 aromatic heterocycles. The lowest BCUT2D eigenvalue weighted by Gasteiger charge is -2.28. The van der Waals surface area contributed by atoms with Crippen molar-refractivity contribution < 1.29 is 13.2 Å². The molecular formula is C21H25N3O3S. The van der Waals surface area contributed by atoms with Crippen LogP contribution in [-0.4, -0.2) is 49.1 Å². The molecule has 2 fully saturated rings. The van der Waals surface area contributed by atoms with Gasteiger partial charge in [-0.05, 0) is 31.4 Å². The first-order valence-corrected chi connectivity index (χ1v) is 11.6. The normalized spacial score (nSPS) is 22.4. The van der Waals surface area contributed by atoms with Crippen LogP contribution in [-0.2, 0) is 21.2 Å². The number of carbonyl (C=O) groups excluding carboxylic acids is 1. The van der Waals surface area contributed by atoms with Gasteiger partial charge in [-0.25, -0.2) is 13.1 Å². The maximum Gasteiger partial charge on any atom is 0.225 e. The summed E-state index contributed by atoms with van der Waals surface area (Å²) in [5.74, 6) is 0.269. The molecule has 0 unspecified atom stereocenters. The van der Waals surface area contributed by atoms with Gasteiger partial charge < -0.3 is 4.90 Å². The molecule has 7 heteroatoms. The summed E-state index contributed by atoms with van der Waals surface area (Å²) in [4.78, 5) is 19.4. The molecular weight excluding hydrogens is 374 g/mol. The molecule has 6 nitrogen and oxygen atoms in total. The maximum absolute atomic E-state index is 12.7. The molecule has 2 aromatic rings.